The topological polar surface area (TPSA) is 140 Å². The molecule has 0 aliphatic carbocycles. The molecule has 5 rings (SSSR count). The molecule has 0 fully saturated rings. The smallest absolute Gasteiger partial charge is 0.272 e. The SMILES string of the molecule is Cc1c(C(=O)Nc2ccccc2)sc(NC(=O)C(C)Sc2cccc(NC(=O)/C(=C\c3ccc(Br)cc3)NC(=O)c3ccccc3)c2)c1C#N. The molecule has 5 aromatic rings. The van der Waals surface area contributed by atoms with E-state index in [9.17, 15) is 24.4 Å². The van der Waals surface area contributed by atoms with Gasteiger partial charge in [-0.1, -0.05) is 70.5 Å². The number of carbonyl (C=O) groups excluding carboxylic acids is 4. The van der Waals surface area contributed by atoms with Crippen LogP contribution < -0.4 is 21.3 Å². The maximum Gasteiger partial charge on any atom is 0.272 e. The maximum absolute atomic E-state index is 13.5. The van der Waals surface area contributed by atoms with Crippen LogP contribution >= 0.6 is 39.0 Å². The van der Waals surface area contributed by atoms with E-state index in [0.717, 1.165) is 15.8 Å². The van der Waals surface area contributed by atoms with Crippen LogP contribution in [-0.4, -0.2) is 28.9 Å². The summed E-state index contributed by atoms with van der Waals surface area (Å²) in [5, 5.41) is 20.7. The van der Waals surface area contributed by atoms with E-state index in [1.807, 2.05) is 36.4 Å². The second-order valence-electron chi connectivity index (χ2n) is 10.9. The fourth-order valence-corrected chi connectivity index (χ4v) is 6.89. The molecule has 4 aromatic carbocycles. The highest BCUT2D eigenvalue weighted by molar-refractivity contribution is 9.10. The van der Waals surface area contributed by atoms with Gasteiger partial charge in [0, 0.05) is 26.3 Å². The van der Waals surface area contributed by atoms with E-state index >= 15 is 0 Å². The highest BCUT2D eigenvalue weighted by Gasteiger charge is 2.24. The third-order valence-corrected chi connectivity index (χ3v) is 10.0. The van der Waals surface area contributed by atoms with Crippen molar-refractivity contribution in [2.45, 2.75) is 24.0 Å². The summed E-state index contributed by atoms with van der Waals surface area (Å²) in [6, 6.07) is 34.0. The molecule has 0 saturated heterocycles. The average molecular weight is 765 g/mol. The predicted molar refractivity (Wildman–Crippen MR) is 203 cm³/mol. The van der Waals surface area contributed by atoms with Crippen molar-refractivity contribution in [2.75, 3.05) is 16.0 Å². The molecule has 250 valence electrons. The van der Waals surface area contributed by atoms with Crippen LogP contribution in [-0.2, 0) is 9.59 Å². The Kier molecular flexibility index (Phi) is 12.0. The highest BCUT2D eigenvalue weighted by Crippen LogP contribution is 2.34. The van der Waals surface area contributed by atoms with Gasteiger partial charge in [0.25, 0.3) is 17.7 Å². The van der Waals surface area contributed by atoms with Gasteiger partial charge in [-0.3, -0.25) is 19.2 Å². The van der Waals surface area contributed by atoms with Crippen molar-refractivity contribution in [1.82, 2.24) is 5.32 Å². The minimum Gasteiger partial charge on any atom is -0.321 e. The molecule has 0 saturated carbocycles. The summed E-state index contributed by atoms with van der Waals surface area (Å²) in [7, 11) is 0. The number of nitriles is 1. The fraction of sp³-hybridized carbons (Fsp3) is 0.0789. The molecule has 1 atom stereocenters. The number of anilines is 3. The lowest BCUT2D eigenvalue weighted by Crippen LogP contribution is -2.30. The van der Waals surface area contributed by atoms with Crippen LogP contribution in [0.25, 0.3) is 6.08 Å². The second-order valence-corrected chi connectivity index (χ2v) is 14.2. The molecule has 12 heteroatoms. The van der Waals surface area contributed by atoms with Crippen molar-refractivity contribution >= 4 is 85.1 Å². The fourth-order valence-electron chi connectivity index (χ4n) is 4.65. The third kappa shape index (κ3) is 9.35. The number of para-hydroxylation sites is 1. The van der Waals surface area contributed by atoms with E-state index in [1.165, 1.54) is 11.8 Å². The van der Waals surface area contributed by atoms with Crippen LogP contribution in [0.1, 0.15) is 43.6 Å². The van der Waals surface area contributed by atoms with Gasteiger partial charge < -0.3 is 21.3 Å². The largest absolute Gasteiger partial charge is 0.321 e. The van der Waals surface area contributed by atoms with E-state index < -0.39 is 17.1 Å². The number of thiophene rings is 1. The van der Waals surface area contributed by atoms with Crippen molar-refractivity contribution in [3.63, 3.8) is 0 Å². The molecule has 1 aromatic heterocycles. The lowest BCUT2D eigenvalue weighted by atomic mass is 10.1. The molecule has 0 aliphatic heterocycles. The molecular formula is C38H30BrN5O4S2. The molecule has 0 radical (unpaired) electrons. The summed E-state index contributed by atoms with van der Waals surface area (Å²) in [5.74, 6) is -1.70. The molecule has 1 heterocycles. The Morgan fingerprint density at radius 2 is 1.48 bits per heavy atom. The molecule has 0 aliphatic rings. The first-order chi connectivity index (χ1) is 24.1. The summed E-state index contributed by atoms with van der Waals surface area (Å²) in [4.78, 5) is 53.8. The summed E-state index contributed by atoms with van der Waals surface area (Å²) in [5.41, 5.74) is 2.94. The Labute approximate surface area is 305 Å². The molecule has 0 bridgehead atoms. The van der Waals surface area contributed by atoms with Gasteiger partial charge in [-0.05, 0) is 85.6 Å². The molecular weight excluding hydrogens is 734 g/mol. The van der Waals surface area contributed by atoms with Crippen molar-refractivity contribution in [1.29, 1.82) is 5.26 Å². The molecule has 50 heavy (non-hydrogen) atoms. The number of thioether (sulfide) groups is 1. The van der Waals surface area contributed by atoms with Crippen molar-refractivity contribution in [3.05, 3.63) is 146 Å². The van der Waals surface area contributed by atoms with Gasteiger partial charge in [0.2, 0.25) is 5.91 Å². The summed E-state index contributed by atoms with van der Waals surface area (Å²) < 4.78 is 0.873. The maximum atomic E-state index is 13.5. The zero-order valence-corrected chi connectivity index (χ0v) is 30.0. The number of hydrogen-bond donors (Lipinski definition) is 4. The van der Waals surface area contributed by atoms with Gasteiger partial charge in [-0.2, -0.15) is 5.26 Å². The Morgan fingerprint density at radius 1 is 0.820 bits per heavy atom. The van der Waals surface area contributed by atoms with Crippen molar-refractivity contribution < 1.29 is 19.2 Å². The van der Waals surface area contributed by atoms with Crippen LogP contribution in [0.3, 0.4) is 0 Å². The number of carbonyl (C=O) groups is 4. The van der Waals surface area contributed by atoms with E-state index in [0.29, 0.717) is 42.8 Å². The zero-order valence-electron chi connectivity index (χ0n) is 26.8. The Hall–Kier alpha value is -5.48. The van der Waals surface area contributed by atoms with Crippen LogP contribution in [0.5, 0.6) is 0 Å². The summed E-state index contributed by atoms with van der Waals surface area (Å²) >= 11 is 5.71. The van der Waals surface area contributed by atoms with Crippen LogP contribution in [0.4, 0.5) is 16.4 Å². The minimum atomic E-state index is -0.602. The number of nitrogens with zero attached hydrogens (tertiary/aromatic N) is 1. The Bertz CT molecular complexity index is 2110. The van der Waals surface area contributed by atoms with Crippen LogP contribution in [0.15, 0.2) is 124 Å². The molecule has 9 nitrogen and oxygen atoms in total. The average Bonchev–Trinajstić information content (AvgIpc) is 3.43. The monoisotopic (exact) mass is 763 g/mol. The van der Waals surface area contributed by atoms with Crippen molar-refractivity contribution in [2.24, 2.45) is 0 Å². The Balaban J connectivity index is 1.27. The molecule has 0 spiro atoms. The molecule has 4 N–H and O–H groups in total. The number of halogens is 1. The normalized spacial score (nSPS) is 11.5. The van der Waals surface area contributed by atoms with Gasteiger partial charge in [0.15, 0.2) is 0 Å². The first-order valence-electron chi connectivity index (χ1n) is 15.2. The number of amides is 4. The quantitative estimate of drug-likeness (QED) is 0.0786. The number of rotatable bonds is 11. The number of benzene rings is 4. The number of hydrogen-bond acceptors (Lipinski definition) is 7. The summed E-state index contributed by atoms with van der Waals surface area (Å²) in [6.07, 6.45) is 1.59. The second kappa shape index (κ2) is 16.8. The van der Waals surface area contributed by atoms with Gasteiger partial charge in [-0.25, -0.2) is 0 Å². The van der Waals surface area contributed by atoms with Crippen LogP contribution in [0.2, 0.25) is 0 Å². The zero-order chi connectivity index (χ0) is 35.6. The van der Waals surface area contributed by atoms with E-state index in [2.05, 4.69) is 43.3 Å². The standard InChI is InChI=1S/C38H30BrN5O4S2/c1-23-31(22-40)38(50-33(23)37(48)41-28-12-7-4-8-13-28)44-34(45)24(2)49-30-15-9-14-29(21-30)42-36(47)32(20-25-16-18-27(39)19-17-25)43-35(46)26-10-5-3-6-11-26/h3-21,24H,1-2H3,(H,41,48)(H,42,47)(H,43,46)(H,44,45)/b32-20+. The van der Waals surface area contributed by atoms with Crippen LogP contribution in [0, 0.1) is 18.3 Å². The highest BCUT2D eigenvalue weighted by atomic mass is 79.9. The van der Waals surface area contributed by atoms with E-state index in [1.54, 1.807) is 92.7 Å². The Morgan fingerprint density at radius 3 is 2.16 bits per heavy atom. The van der Waals surface area contributed by atoms with Gasteiger partial charge in [-0.15, -0.1) is 23.1 Å². The lowest BCUT2D eigenvalue weighted by Gasteiger charge is -2.14. The van der Waals surface area contributed by atoms with E-state index in [-0.39, 0.29) is 23.1 Å². The molecule has 4 amide bonds. The lowest BCUT2D eigenvalue weighted by molar-refractivity contribution is -0.115. The number of nitrogens with one attached hydrogen (secondary N) is 4. The van der Waals surface area contributed by atoms with Crippen molar-refractivity contribution in [3.8, 4) is 6.07 Å². The van der Waals surface area contributed by atoms with E-state index in [4.69, 9.17) is 0 Å². The third-order valence-electron chi connectivity index (χ3n) is 7.22. The van der Waals surface area contributed by atoms with Gasteiger partial charge in [0.05, 0.1) is 15.7 Å². The first kappa shape index (κ1) is 35.8. The molecule has 1 unspecified atom stereocenters. The minimum absolute atomic E-state index is 0.0448. The van der Waals surface area contributed by atoms with Gasteiger partial charge >= 0.3 is 0 Å². The first-order valence-corrected chi connectivity index (χ1v) is 17.7. The predicted octanol–water partition coefficient (Wildman–Crippen LogP) is 8.47. The van der Waals surface area contributed by atoms with Gasteiger partial charge in [0.1, 0.15) is 16.8 Å². The summed E-state index contributed by atoms with van der Waals surface area (Å²) in [6.45, 7) is 3.40.